The molecule has 1 saturated carbocycles. The highest BCUT2D eigenvalue weighted by Crippen LogP contribution is 2.50. The first kappa shape index (κ1) is 16.2. The Hall–Kier alpha value is -1.66. The maximum atomic E-state index is 13.9. The molecular formula is C16H17ClFNO4. The van der Waals surface area contributed by atoms with Crippen LogP contribution in [-0.2, 0) is 14.3 Å². The third-order valence-electron chi connectivity index (χ3n) is 4.62. The van der Waals surface area contributed by atoms with Crippen molar-refractivity contribution in [3.63, 3.8) is 0 Å². The fourth-order valence-electron chi connectivity index (χ4n) is 3.11. The van der Waals surface area contributed by atoms with Gasteiger partial charge >= 0.3 is 5.97 Å². The molecule has 1 aromatic carbocycles. The number of hydrogen-bond acceptors (Lipinski definition) is 3. The van der Waals surface area contributed by atoms with Crippen LogP contribution in [0, 0.1) is 11.7 Å². The summed E-state index contributed by atoms with van der Waals surface area (Å²) in [6.45, 7) is 0.583. The molecule has 2 aliphatic rings. The van der Waals surface area contributed by atoms with Crippen molar-refractivity contribution in [1.29, 1.82) is 0 Å². The summed E-state index contributed by atoms with van der Waals surface area (Å²) in [5.41, 5.74) is -0.952. The van der Waals surface area contributed by atoms with Crippen molar-refractivity contribution >= 4 is 23.5 Å². The molecule has 1 aliphatic carbocycles. The van der Waals surface area contributed by atoms with Gasteiger partial charge in [-0.05, 0) is 18.6 Å². The molecule has 124 valence electrons. The Morgan fingerprint density at radius 1 is 1.35 bits per heavy atom. The number of halogens is 2. The zero-order valence-electron chi connectivity index (χ0n) is 12.4. The van der Waals surface area contributed by atoms with Crippen molar-refractivity contribution in [2.45, 2.75) is 30.7 Å². The Balaban J connectivity index is 1.72. The van der Waals surface area contributed by atoms with Gasteiger partial charge in [-0.1, -0.05) is 17.7 Å². The second-order valence-corrected chi connectivity index (χ2v) is 6.48. The summed E-state index contributed by atoms with van der Waals surface area (Å²) in [6, 6.07) is 4.41. The van der Waals surface area contributed by atoms with E-state index < -0.39 is 23.2 Å². The number of carboxylic acids is 1. The number of benzene rings is 1. The number of carboxylic acid groups (broad SMARTS) is 1. The highest BCUT2D eigenvalue weighted by Gasteiger charge is 2.50. The third-order valence-corrected chi connectivity index (χ3v) is 4.95. The largest absolute Gasteiger partial charge is 0.480 e. The number of carbonyl (C=O) groups excluding carboxylic acids is 1. The van der Waals surface area contributed by atoms with E-state index in [0.29, 0.717) is 30.2 Å². The molecule has 2 N–H and O–H groups in total. The monoisotopic (exact) mass is 341 g/mol. The minimum atomic E-state index is -1.29. The zero-order valence-corrected chi connectivity index (χ0v) is 13.1. The molecule has 1 saturated heterocycles. The van der Waals surface area contributed by atoms with Crippen LogP contribution in [0.2, 0.25) is 5.02 Å². The van der Waals surface area contributed by atoms with Crippen molar-refractivity contribution in [3.8, 4) is 0 Å². The van der Waals surface area contributed by atoms with E-state index in [4.69, 9.17) is 16.3 Å². The molecule has 23 heavy (non-hydrogen) atoms. The fraction of sp³-hybridized carbons (Fsp3) is 0.500. The van der Waals surface area contributed by atoms with Gasteiger partial charge in [0.2, 0.25) is 5.91 Å². The number of hydrogen-bond donors (Lipinski definition) is 2. The third kappa shape index (κ3) is 3.05. The minimum Gasteiger partial charge on any atom is -0.480 e. The lowest BCUT2D eigenvalue weighted by molar-refractivity contribution is -0.152. The number of carbonyl (C=O) groups is 2. The summed E-state index contributed by atoms with van der Waals surface area (Å²) in [5.74, 6) is -2.59. The van der Waals surface area contributed by atoms with Gasteiger partial charge in [0.05, 0.1) is 0 Å². The number of rotatable bonds is 4. The highest BCUT2D eigenvalue weighted by molar-refractivity contribution is 6.31. The van der Waals surface area contributed by atoms with Gasteiger partial charge in [0.15, 0.2) is 0 Å². The van der Waals surface area contributed by atoms with Crippen LogP contribution < -0.4 is 5.32 Å². The molecule has 5 nitrogen and oxygen atoms in total. The summed E-state index contributed by atoms with van der Waals surface area (Å²) < 4.78 is 19.1. The molecule has 0 spiro atoms. The van der Waals surface area contributed by atoms with Gasteiger partial charge in [-0.3, -0.25) is 4.79 Å². The SMILES string of the molecule is O=C(NC1(C(=O)O)CCOCC1)C1CC1c1c(F)cccc1Cl. The second kappa shape index (κ2) is 6.09. The predicted octanol–water partition coefficient (Wildman–Crippen LogP) is 2.33. The van der Waals surface area contributed by atoms with Crippen LogP contribution in [0.25, 0.3) is 0 Å². The van der Waals surface area contributed by atoms with Crippen LogP contribution in [0.15, 0.2) is 18.2 Å². The van der Waals surface area contributed by atoms with Crippen LogP contribution in [0.3, 0.4) is 0 Å². The molecular weight excluding hydrogens is 325 g/mol. The van der Waals surface area contributed by atoms with E-state index in [9.17, 15) is 19.1 Å². The van der Waals surface area contributed by atoms with Gasteiger partial charge < -0.3 is 15.2 Å². The van der Waals surface area contributed by atoms with Crippen molar-refractivity contribution in [2.24, 2.45) is 5.92 Å². The van der Waals surface area contributed by atoms with Crippen LogP contribution >= 0.6 is 11.6 Å². The Bertz CT molecular complexity index is 625. The van der Waals surface area contributed by atoms with Crippen molar-refractivity contribution < 1.29 is 23.8 Å². The van der Waals surface area contributed by atoms with E-state index in [1.54, 1.807) is 6.07 Å². The minimum absolute atomic E-state index is 0.228. The Kier molecular flexibility index (Phi) is 4.29. The molecule has 1 aromatic rings. The van der Waals surface area contributed by atoms with Crippen LogP contribution in [0.4, 0.5) is 4.39 Å². The molecule has 1 amide bonds. The lowest BCUT2D eigenvalue weighted by Gasteiger charge is -2.34. The van der Waals surface area contributed by atoms with E-state index in [-0.39, 0.29) is 24.7 Å². The fourth-order valence-corrected chi connectivity index (χ4v) is 3.41. The summed E-state index contributed by atoms with van der Waals surface area (Å²) in [4.78, 5) is 24.0. The lowest BCUT2D eigenvalue weighted by atomic mass is 9.89. The van der Waals surface area contributed by atoms with Crippen LogP contribution in [0.5, 0.6) is 0 Å². The van der Waals surface area contributed by atoms with E-state index in [1.165, 1.54) is 12.1 Å². The lowest BCUT2D eigenvalue weighted by Crippen LogP contribution is -2.57. The van der Waals surface area contributed by atoms with Gasteiger partial charge in [0, 0.05) is 48.5 Å². The zero-order chi connectivity index (χ0) is 16.6. The average Bonchev–Trinajstić information content (AvgIpc) is 3.28. The first-order valence-electron chi connectivity index (χ1n) is 7.52. The maximum absolute atomic E-state index is 13.9. The highest BCUT2D eigenvalue weighted by atomic mass is 35.5. The maximum Gasteiger partial charge on any atom is 0.329 e. The van der Waals surface area contributed by atoms with Crippen molar-refractivity contribution in [1.82, 2.24) is 5.32 Å². The summed E-state index contributed by atoms with van der Waals surface area (Å²) in [6.07, 6.45) is 0.927. The normalized spacial score (nSPS) is 25.7. The second-order valence-electron chi connectivity index (χ2n) is 6.07. The quantitative estimate of drug-likeness (QED) is 0.881. The van der Waals surface area contributed by atoms with Gasteiger partial charge in [0.1, 0.15) is 11.4 Å². The topological polar surface area (TPSA) is 75.6 Å². The van der Waals surface area contributed by atoms with E-state index in [2.05, 4.69) is 5.32 Å². The molecule has 7 heteroatoms. The molecule has 0 bridgehead atoms. The first-order valence-corrected chi connectivity index (χ1v) is 7.89. The standard InChI is InChI=1S/C16H17ClFNO4/c17-11-2-1-3-12(18)13(11)9-8-10(9)14(20)19-16(15(21)22)4-6-23-7-5-16/h1-3,9-10H,4-8H2,(H,19,20)(H,21,22). The van der Waals surface area contributed by atoms with E-state index in [0.717, 1.165) is 0 Å². The van der Waals surface area contributed by atoms with Crippen LogP contribution in [-0.4, -0.2) is 35.7 Å². The summed E-state index contributed by atoms with van der Waals surface area (Å²) in [5, 5.41) is 12.4. The average molecular weight is 342 g/mol. The number of ether oxygens (including phenoxy) is 1. The predicted molar refractivity (Wildman–Crippen MR) is 80.8 cm³/mol. The molecule has 3 rings (SSSR count). The molecule has 0 aromatic heterocycles. The molecule has 1 heterocycles. The Morgan fingerprint density at radius 3 is 2.65 bits per heavy atom. The number of nitrogens with one attached hydrogen (secondary N) is 1. The van der Waals surface area contributed by atoms with Gasteiger partial charge in [0.25, 0.3) is 0 Å². The Labute approximate surface area is 137 Å². The number of aliphatic carboxylic acids is 1. The van der Waals surface area contributed by atoms with Gasteiger partial charge in [-0.2, -0.15) is 0 Å². The molecule has 2 fully saturated rings. The molecule has 2 atom stereocenters. The van der Waals surface area contributed by atoms with E-state index in [1.807, 2.05) is 0 Å². The summed E-state index contributed by atoms with van der Waals surface area (Å²) >= 11 is 6.02. The molecule has 2 unspecified atom stereocenters. The van der Waals surface area contributed by atoms with Gasteiger partial charge in [-0.15, -0.1) is 0 Å². The summed E-state index contributed by atoms with van der Waals surface area (Å²) in [7, 11) is 0. The van der Waals surface area contributed by atoms with Crippen molar-refractivity contribution in [2.75, 3.05) is 13.2 Å². The number of amides is 1. The van der Waals surface area contributed by atoms with Gasteiger partial charge in [-0.25, -0.2) is 9.18 Å². The molecule has 0 radical (unpaired) electrons. The first-order chi connectivity index (χ1) is 10.9. The molecule has 1 aliphatic heterocycles. The smallest absolute Gasteiger partial charge is 0.329 e. The van der Waals surface area contributed by atoms with Crippen LogP contribution in [0.1, 0.15) is 30.7 Å². The van der Waals surface area contributed by atoms with Crippen molar-refractivity contribution in [3.05, 3.63) is 34.6 Å². The van der Waals surface area contributed by atoms with E-state index >= 15 is 0 Å². The Morgan fingerprint density at radius 2 is 2.04 bits per heavy atom.